The van der Waals surface area contributed by atoms with Crippen LogP contribution in [0.4, 0.5) is 0 Å². The summed E-state index contributed by atoms with van der Waals surface area (Å²) in [6.07, 6.45) is 4.18. The second-order valence-electron chi connectivity index (χ2n) is 4.22. The molecule has 1 amide bonds. The van der Waals surface area contributed by atoms with Gasteiger partial charge in [-0.3, -0.25) is 9.20 Å². The molecule has 2 heterocycles. The van der Waals surface area contributed by atoms with E-state index in [0.29, 0.717) is 18.8 Å². The Morgan fingerprint density at radius 1 is 1.58 bits per heavy atom. The van der Waals surface area contributed by atoms with E-state index in [9.17, 15) is 4.79 Å². The highest BCUT2D eigenvalue weighted by atomic mass is 32.1. The molecular weight excluding hydrogens is 264 g/mol. The molecule has 7 heteroatoms. The number of imidazole rings is 1. The number of hydrogen-bond acceptors (Lipinski definition) is 5. The van der Waals surface area contributed by atoms with Crippen LogP contribution in [-0.4, -0.2) is 28.9 Å². The molecule has 2 aromatic heterocycles. The first-order valence-electron chi connectivity index (χ1n) is 6.20. The lowest BCUT2D eigenvalue weighted by atomic mass is 10.2. The maximum absolute atomic E-state index is 10.6. The van der Waals surface area contributed by atoms with Gasteiger partial charge in [-0.2, -0.15) is 4.98 Å². The van der Waals surface area contributed by atoms with Crippen LogP contribution >= 0.6 is 11.3 Å². The van der Waals surface area contributed by atoms with Gasteiger partial charge in [-0.25, -0.2) is 0 Å². The van der Waals surface area contributed by atoms with Crippen molar-refractivity contribution in [1.29, 1.82) is 0 Å². The smallest absolute Gasteiger partial charge is 0.237 e. The lowest BCUT2D eigenvalue weighted by Gasteiger charge is -2.05. The standard InChI is InChI=1S/C12H18N4O2S/c1-18-11-9(16-6-7-19-12(16)15-11)8-14-5-3-2-4-10(13)17/h6-7,14H,2-5,8H2,1H3,(H2,13,17). The van der Waals surface area contributed by atoms with Gasteiger partial charge in [0.2, 0.25) is 11.8 Å². The van der Waals surface area contributed by atoms with Gasteiger partial charge in [0.25, 0.3) is 0 Å². The molecule has 19 heavy (non-hydrogen) atoms. The number of carbonyl (C=O) groups excluding carboxylic acids is 1. The first kappa shape index (κ1) is 13.8. The molecule has 0 spiro atoms. The van der Waals surface area contributed by atoms with Gasteiger partial charge in [-0.15, -0.1) is 11.3 Å². The van der Waals surface area contributed by atoms with E-state index in [1.54, 1.807) is 18.4 Å². The van der Waals surface area contributed by atoms with Crippen molar-refractivity contribution in [3.05, 3.63) is 17.3 Å². The zero-order valence-electron chi connectivity index (χ0n) is 10.9. The third-order valence-electron chi connectivity index (χ3n) is 2.84. The zero-order valence-corrected chi connectivity index (χ0v) is 11.7. The van der Waals surface area contributed by atoms with Gasteiger partial charge in [0, 0.05) is 24.5 Å². The van der Waals surface area contributed by atoms with E-state index in [1.807, 2.05) is 16.0 Å². The van der Waals surface area contributed by atoms with Gasteiger partial charge >= 0.3 is 0 Å². The molecule has 0 fully saturated rings. The van der Waals surface area contributed by atoms with Crippen molar-refractivity contribution in [3.8, 4) is 5.88 Å². The van der Waals surface area contributed by atoms with Crippen LogP contribution in [0.25, 0.3) is 4.96 Å². The summed E-state index contributed by atoms with van der Waals surface area (Å²) in [7, 11) is 1.63. The SMILES string of the molecule is COc1nc2sccn2c1CNCCCCC(N)=O. The maximum atomic E-state index is 10.6. The quantitative estimate of drug-likeness (QED) is 0.712. The first-order valence-corrected chi connectivity index (χ1v) is 7.07. The van der Waals surface area contributed by atoms with Crippen LogP contribution in [0.5, 0.6) is 5.88 Å². The molecule has 0 atom stereocenters. The van der Waals surface area contributed by atoms with Gasteiger partial charge in [0.05, 0.1) is 7.11 Å². The normalized spacial score (nSPS) is 11.0. The molecular formula is C12H18N4O2S. The Morgan fingerprint density at radius 3 is 3.16 bits per heavy atom. The summed E-state index contributed by atoms with van der Waals surface area (Å²) in [6, 6.07) is 0. The number of unbranched alkanes of at least 4 members (excludes halogenated alkanes) is 1. The summed E-state index contributed by atoms with van der Waals surface area (Å²) in [5.74, 6) is 0.425. The molecule has 0 saturated heterocycles. The Hall–Kier alpha value is -1.60. The van der Waals surface area contributed by atoms with Gasteiger partial charge in [0.15, 0.2) is 4.96 Å². The highest BCUT2D eigenvalue weighted by Gasteiger charge is 2.12. The van der Waals surface area contributed by atoms with E-state index in [1.165, 1.54) is 0 Å². The zero-order chi connectivity index (χ0) is 13.7. The van der Waals surface area contributed by atoms with Crippen molar-refractivity contribution < 1.29 is 9.53 Å². The first-order chi connectivity index (χ1) is 9.22. The largest absolute Gasteiger partial charge is 0.480 e. The summed E-state index contributed by atoms with van der Waals surface area (Å²) in [5.41, 5.74) is 6.11. The van der Waals surface area contributed by atoms with E-state index in [-0.39, 0.29) is 5.91 Å². The number of carbonyl (C=O) groups is 1. The molecule has 6 nitrogen and oxygen atoms in total. The number of hydrogen-bond donors (Lipinski definition) is 2. The van der Waals surface area contributed by atoms with Crippen molar-refractivity contribution >= 4 is 22.2 Å². The number of nitrogens with zero attached hydrogens (tertiary/aromatic N) is 2. The molecule has 0 unspecified atom stereocenters. The maximum Gasteiger partial charge on any atom is 0.237 e. The molecule has 0 aromatic carbocycles. The molecule has 0 radical (unpaired) electrons. The highest BCUT2D eigenvalue weighted by molar-refractivity contribution is 7.15. The monoisotopic (exact) mass is 282 g/mol. The fraction of sp³-hybridized carbons (Fsp3) is 0.500. The third-order valence-corrected chi connectivity index (χ3v) is 3.59. The van der Waals surface area contributed by atoms with Crippen molar-refractivity contribution in [2.75, 3.05) is 13.7 Å². The third kappa shape index (κ3) is 3.45. The number of methoxy groups -OCH3 is 1. The van der Waals surface area contributed by atoms with Gasteiger partial charge < -0.3 is 15.8 Å². The fourth-order valence-electron chi connectivity index (χ4n) is 1.89. The van der Waals surface area contributed by atoms with Gasteiger partial charge in [-0.1, -0.05) is 0 Å². The van der Waals surface area contributed by atoms with Crippen LogP contribution in [0.15, 0.2) is 11.6 Å². The van der Waals surface area contributed by atoms with Gasteiger partial charge in [0.1, 0.15) is 5.69 Å². The topological polar surface area (TPSA) is 81.7 Å². The van der Waals surface area contributed by atoms with E-state index >= 15 is 0 Å². The Kier molecular flexibility index (Phi) is 4.75. The predicted molar refractivity (Wildman–Crippen MR) is 74.4 cm³/mol. The number of amides is 1. The highest BCUT2D eigenvalue weighted by Crippen LogP contribution is 2.22. The minimum atomic E-state index is -0.238. The van der Waals surface area contributed by atoms with Crippen molar-refractivity contribution in [2.24, 2.45) is 5.73 Å². The number of aromatic nitrogens is 2. The van der Waals surface area contributed by atoms with Crippen LogP contribution in [0, 0.1) is 0 Å². The van der Waals surface area contributed by atoms with E-state index in [0.717, 1.165) is 30.0 Å². The number of rotatable bonds is 8. The van der Waals surface area contributed by atoms with Crippen molar-refractivity contribution in [2.45, 2.75) is 25.8 Å². The summed E-state index contributed by atoms with van der Waals surface area (Å²) in [6.45, 7) is 1.53. The van der Waals surface area contributed by atoms with Crippen molar-refractivity contribution in [1.82, 2.24) is 14.7 Å². The molecule has 0 aliphatic heterocycles. The van der Waals surface area contributed by atoms with E-state index in [4.69, 9.17) is 10.5 Å². The molecule has 0 aliphatic carbocycles. The Balaban J connectivity index is 1.83. The van der Waals surface area contributed by atoms with Crippen LogP contribution in [0.2, 0.25) is 0 Å². The fourth-order valence-corrected chi connectivity index (χ4v) is 2.62. The summed E-state index contributed by atoms with van der Waals surface area (Å²) in [4.78, 5) is 15.9. The molecule has 104 valence electrons. The van der Waals surface area contributed by atoms with Crippen LogP contribution < -0.4 is 15.8 Å². The van der Waals surface area contributed by atoms with Crippen molar-refractivity contribution in [3.63, 3.8) is 0 Å². The molecule has 0 bridgehead atoms. The van der Waals surface area contributed by atoms with Crippen LogP contribution in [0.1, 0.15) is 25.0 Å². The number of nitrogens with one attached hydrogen (secondary N) is 1. The molecule has 0 aliphatic rings. The number of nitrogens with two attached hydrogens (primary N) is 1. The second-order valence-corrected chi connectivity index (χ2v) is 5.10. The van der Waals surface area contributed by atoms with E-state index in [2.05, 4.69) is 10.3 Å². The van der Waals surface area contributed by atoms with Crippen LogP contribution in [-0.2, 0) is 11.3 Å². The minimum Gasteiger partial charge on any atom is -0.480 e. The number of fused-ring (bicyclic) bond motifs is 1. The summed E-state index contributed by atoms with van der Waals surface area (Å²) >= 11 is 1.58. The predicted octanol–water partition coefficient (Wildman–Crippen LogP) is 1.15. The lowest BCUT2D eigenvalue weighted by Crippen LogP contribution is -2.17. The van der Waals surface area contributed by atoms with Gasteiger partial charge in [-0.05, 0) is 19.4 Å². The summed E-state index contributed by atoms with van der Waals surface area (Å²) in [5, 5.41) is 5.33. The Bertz CT molecular complexity index is 549. The van der Waals surface area contributed by atoms with E-state index < -0.39 is 0 Å². The lowest BCUT2D eigenvalue weighted by molar-refractivity contribution is -0.118. The average Bonchev–Trinajstić information content (AvgIpc) is 2.94. The average molecular weight is 282 g/mol. The minimum absolute atomic E-state index is 0.238. The molecule has 3 N–H and O–H groups in total. The molecule has 2 rings (SSSR count). The second kappa shape index (κ2) is 6.53. The van der Waals surface area contributed by atoms with Crippen LogP contribution in [0.3, 0.4) is 0 Å². The number of ether oxygens (including phenoxy) is 1. The Morgan fingerprint density at radius 2 is 2.42 bits per heavy atom. The number of thiazole rings is 1. The Labute approximate surface area is 115 Å². The summed E-state index contributed by atoms with van der Waals surface area (Å²) < 4.78 is 7.30. The molecule has 2 aromatic rings. The number of primary amides is 1. The molecule has 0 saturated carbocycles.